The fourth-order valence-electron chi connectivity index (χ4n) is 3.22. The summed E-state index contributed by atoms with van der Waals surface area (Å²) in [7, 11) is -2.09. The van der Waals surface area contributed by atoms with E-state index >= 15 is 0 Å². The van der Waals surface area contributed by atoms with Crippen LogP contribution in [0, 0.1) is 19.8 Å². The van der Waals surface area contributed by atoms with Gasteiger partial charge >= 0.3 is 0 Å². The summed E-state index contributed by atoms with van der Waals surface area (Å²) >= 11 is 0. The van der Waals surface area contributed by atoms with Gasteiger partial charge in [-0.15, -0.1) is 0 Å². The molecule has 1 aliphatic heterocycles. The van der Waals surface area contributed by atoms with Gasteiger partial charge in [0.1, 0.15) is 5.75 Å². The van der Waals surface area contributed by atoms with Gasteiger partial charge in [-0.05, 0) is 55.7 Å². The first-order valence-electron chi connectivity index (χ1n) is 8.81. The summed E-state index contributed by atoms with van der Waals surface area (Å²) in [6.45, 7) is 4.52. The SMILES string of the molecule is COc1ccc(S(=O)(=O)NCC2CC(=O)N(c3ccc(C)cc3)C2)cc1C. The third kappa shape index (κ3) is 4.31. The number of amides is 1. The molecule has 1 heterocycles. The lowest BCUT2D eigenvalue weighted by molar-refractivity contribution is -0.117. The van der Waals surface area contributed by atoms with Gasteiger partial charge < -0.3 is 9.64 Å². The number of sulfonamides is 1. The molecule has 2 aromatic carbocycles. The summed E-state index contributed by atoms with van der Waals surface area (Å²) in [5, 5.41) is 0. The van der Waals surface area contributed by atoms with Crippen LogP contribution >= 0.6 is 0 Å². The summed E-state index contributed by atoms with van der Waals surface area (Å²) in [4.78, 5) is 14.2. The molecule has 0 aromatic heterocycles. The lowest BCUT2D eigenvalue weighted by Gasteiger charge is -2.17. The van der Waals surface area contributed by atoms with Gasteiger partial charge in [-0.1, -0.05) is 17.7 Å². The van der Waals surface area contributed by atoms with E-state index in [0.717, 1.165) is 16.8 Å². The van der Waals surface area contributed by atoms with Gasteiger partial charge in [0.05, 0.1) is 12.0 Å². The molecule has 1 atom stereocenters. The lowest BCUT2D eigenvalue weighted by atomic mass is 10.1. The van der Waals surface area contributed by atoms with E-state index in [-0.39, 0.29) is 23.3 Å². The second-order valence-electron chi connectivity index (χ2n) is 6.89. The fourth-order valence-corrected chi connectivity index (χ4v) is 4.42. The molecule has 27 heavy (non-hydrogen) atoms. The predicted molar refractivity (Wildman–Crippen MR) is 105 cm³/mol. The summed E-state index contributed by atoms with van der Waals surface area (Å²) in [5.41, 5.74) is 2.73. The van der Waals surface area contributed by atoms with Crippen LogP contribution in [-0.2, 0) is 14.8 Å². The van der Waals surface area contributed by atoms with Crippen LogP contribution in [-0.4, -0.2) is 34.5 Å². The van der Waals surface area contributed by atoms with Crippen molar-refractivity contribution in [1.82, 2.24) is 4.72 Å². The molecule has 1 aliphatic rings. The maximum Gasteiger partial charge on any atom is 0.240 e. The number of rotatable bonds is 6. The number of methoxy groups -OCH3 is 1. The quantitative estimate of drug-likeness (QED) is 0.825. The number of nitrogens with one attached hydrogen (secondary N) is 1. The molecule has 3 rings (SSSR count). The second-order valence-corrected chi connectivity index (χ2v) is 8.66. The highest BCUT2D eigenvalue weighted by Crippen LogP contribution is 2.26. The summed E-state index contributed by atoms with van der Waals surface area (Å²) in [5.74, 6) is 0.598. The van der Waals surface area contributed by atoms with Crippen LogP contribution < -0.4 is 14.4 Å². The van der Waals surface area contributed by atoms with Crippen molar-refractivity contribution < 1.29 is 17.9 Å². The Hall–Kier alpha value is -2.38. The van der Waals surface area contributed by atoms with Crippen LogP contribution in [0.15, 0.2) is 47.4 Å². The fraction of sp³-hybridized carbons (Fsp3) is 0.350. The van der Waals surface area contributed by atoms with Crippen molar-refractivity contribution in [2.75, 3.05) is 25.1 Å². The zero-order valence-electron chi connectivity index (χ0n) is 15.7. The van der Waals surface area contributed by atoms with E-state index in [1.807, 2.05) is 31.2 Å². The Kier molecular flexibility index (Phi) is 5.53. The van der Waals surface area contributed by atoms with Gasteiger partial charge in [-0.25, -0.2) is 13.1 Å². The highest BCUT2D eigenvalue weighted by atomic mass is 32.2. The van der Waals surface area contributed by atoms with Crippen LogP contribution in [0.1, 0.15) is 17.5 Å². The topological polar surface area (TPSA) is 75.7 Å². The normalized spacial score (nSPS) is 17.4. The molecule has 0 spiro atoms. The van der Waals surface area contributed by atoms with Gasteiger partial charge in [-0.2, -0.15) is 0 Å². The average Bonchev–Trinajstić information content (AvgIpc) is 3.01. The maximum absolute atomic E-state index is 12.6. The molecule has 2 aromatic rings. The summed E-state index contributed by atoms with van der Waals surface area (Å²) in [6.07, 6.45) is 0.331. The molecule has 144 valence electrons. The number of anilines is 1. The maximum atomic E-state index is 12.6. The van der Waals surface area contributed by atoms with E-state index in [0.29, 0.717) is 18.7 Å². The minimum Gasteiger partial charge on any atom is -0.496 e. The minimum absolute atomic E-state index is 0.0170. The Morgan fingerprint density at radius 1 is 1.15 bits per heavy atom. The molecule has 7 heteroatoms. The number of hydrogen-bond donors (Lipinski definition) is 1. The number of hydrogen-bond acceptors (Lipinski definition) is 4. The number of carbonyl (C=O) groups is 1. The summed E-state index contributed by atoms with van der Waals surface area (Å²) < 4.78 is 32.9. The number of nitrogens with zero attached hydrogens (tertiary/aromatic N) is 1. The van der Waals surface area contributed by atoms with E-state index in [4.69, 9.17) is 4.74 Å². The molecular formula is C20H24N2O4S. The third-order valence-corrected chi connectivity index (χ3v) is 6.21. The molecule has 0 saturated carbocycles. The Labute approximate surface area is 160 Å². The molecule has 1 N–H and O–H groups in total. The molecule has 6 nitrogen and oxygen atoms in total. The first-order chi connectivity index (χ1) is 12.8. The first-order valence-corrected chi connectivity index (χ1v) is 10.3. The monoisotopic (exact) mass is 388 g/mol. The first kappa shape index (κ1) is 19.4. The van der Waals surface area contributed by atoms with E-state index in [9.17, 15) is 13.2 Å². The van der Waals surface area contributed by atoms with Crippen LogP contribution in [0.4, 0.5) is 5.69 Å². The van der Waals surface area contributed by atoms with Crippen molar-refractivity contribution in [1.29, 1.82) is 0 Å². The molecule has 0 aliphatic carbocycles. The Morgan fingerprint density at radius 2 is 1.85 bits per heavy atom. The van der Waals surface area contributed by atoms with Crippen molar-refractivity contribution in [3.05, 3.63) is 53.6 Å². The van der Waals surface area contributed by atoms with Gasteiger partial charge in [0.15, 0.2) is 0 Å². The highest BCUT2D eigenvalue weighted by molar-refractivity contribution is 7.89. The van der Waals surface area contributed by atoms with Crippen molar-refractivity contribution >= 4 is 21.6 Å². The predicted octanol–water partition coefficient (Wildman–Crippen LogP) is 2.64. The molecule has 1 fully saturated rings. The van der Waals surface area contributed by atoms with Crippen molar-refractivity contribution in [2.45, 2.75) is 25.2 Å². The molecular weight excluding hydrogens is 364 g/mol. The molecule has 0 radical (unpaired) electrons. The van der Waals surface area contributed by atoms with E-state index in [1.165, 1.54) is 6.07 Å². The van der Waals surface area contributed by atoms with Crippen LogP contribution in [0.2, 0.25) is 0 Å². The summed E-state index contributed by atoms with van der Waals surface area (Å²) in [6, 6.07) is 12.5. The molecule has 1 unspecified atom stereocenters. The van der Waals surface area contributed by atoms with Gasteiger partial charge in [0.2, 0.25) is 15.9 Å². The minimum atomic E-state index is -3.64. The number of ether oxygens (including phenoxy) is 1. The van der Waals surface area contributed by atoms with E-state index < -0.39 is 10.0 Å². The number of carbonyl (C=O) groups excluding carboxylic acids is 1. The van der Waals surface area contributed by atoms with Gasteiger partial charge in [-0.3, -0.25) is 4.79 Å². The standard InChI is InChI=1S/C20H24N2O4S/c1-14-4-6-17(7-5-14)22-13-16(11-20(22)23)12-21-27(24,25)18-8-9-19(26-3)15(2)10-18/h4-10,16,21H,11-13H2,1-3H3. The zero-order valence-corrected chi connectivity index (χ0v) is 16.5. The van der Waals surface area contributed by atoms with Crippen molar-refractivity contribution in [2.24, 2.45) is 5.92 Å². The van der Waals surface area contributed by atoms with E-state index in [1.54, 1.807) is 31.1 Å². The van der Waals surface area contributed by atoms with Gasteiger partial charge in [0.25, 0.3) is 0 Å². The van der Waals surface area contributed by atoms with E-state index in [2.05, 4.69) is 4.72 Å². The molecule has 1 amide bonds. The zero-order chi connectivity index (χ0) is 19.6. The highest BCUT2D eigenvalue weighted by Gasteiger charge is 2.31. The number of aryl methyl sites for hydroxylation is 2. The largest absolute Gasteiger partial charge is 0.496 e. The van der Waals surface area contributed by atoms with Crippen molar-refractivity contribution in [3.8, 4) is 5.75 Å². The van der Waals surface area contributed by atoms with Gasteiger partial charge in [0, 0.05) is 25.2 Å². The lowest BCUT2D eigenvalue weighted by Crippen LogP contribution is -2.31. The van der Waals surface area contributed by atoms with Crippen LogP contribution in [0.5, 0.6) is 5.75 Å². The third-order valence-electron chi connectivity index (χ3n) is 4.79. The molecule has 0 bridgehead atoms. The van der Waals surface area contributed by atoms with Crippen LogP contribution in [0.3, 0.4) is 0 Å². The smallest absolute Gasteiger partial charge is 0.240 e. The molecule has 1 saturated heterocycles. The van der Waals surface area contributed by atoms with Crippen LogP contribution in [0.25, 0.3) is 0 Å². The Bertz CT molecular complexity index is 939. The number of benzene rings is 2. The Balaban J connectivity index is 1.65. The van der Waals surface area contributed by atoms with Crippen molar-refractivity contribution in [3.63, 3.8) is 0 Å². The Morgan fingerprint density at radius 3 is 2.48 bits per heavy atom. The second kappa shape index (κ2) is 7.70. The average molecular weight is 388 g/mol.